The van der Waals surface area contributed by atoms with Crippen LogP contribution in [0.1, 0.15) is 21.7 Å². The first kappa shape index (κ1) is 13.7. The van der Waals surface area contributed by atoms with Crippen molar-refractivity contribution in [3.63, 3.8) is 0 Å². The largest absolute Gasteiger partial charge is 1.00 e. The van der Waals surface area contributed by atoms with Gasteiger partial charge in [-0.1, -0.05) is 5.16 Å². The minimum absolute atomic E-state index is 0. The monoisotopic (exact) mass is 235 g/mol. The number of rotatable bonds is 1. The molecule has 0 amide bonds. The van der Waals surface area contributed by atoms with Crippen LogP contribution in [0.15, 0.2) is 5.16 Å². The second-order valence-corrected chi connectivity index (χ2v) is 6.28. The fourth-order valence-corrected chi connectivity index (χ4v) is 2.48. The molecule has 0 spiro atoms. The molecule has 0 bridgehead atoms. The van der Waals surface area contributed by atoms with Crippen LogP contribution in [0.2, 0.25) is 0 Å². The van der Waals surface area contributed by atoms with Gasteiger partial charge in [-0.15, -0.1) is 0 Å². The summed E-state index contributed by atoms with van der Waals surface area (Å²) in [7, 11) is -3.73. The molecule has 1 aliphatic rings. The first-order chi connectivity index (χ1) is 5.29. The predicted octanol–water partition coefficient (Wildman–Crippen LogP) is -1.85. The maximum absolute atomic E-state index is 10.4. The molecule has 1 rings (SSSR count). The quantitative estimate of drug-likeness (QED) is 0.328. The van der Waals surface area contributed by atoms with Crippen molar-refractivity contribution in [2.24, 2.45) is 5.16 Å². The SMILES string of the molecule is CC1(C)CC(SS(=O)(=O)O)=NO1.[H-].[Na+]. The Morgan fingerprint density at radius 1 is 1.69 bits per heavy atom. The zero-order valence-corrected chi connectivity index (χ0v) is 11.3. The van der Waals surface area contributed by atoms with Gasteiger partial charge in [0.25, 0.3) is 0 Å². The summed E-state index contributed by atoms with van der Waals surface area (Å²) < 4.78 is 29.2. The van der Waals surface area contributed by atoms with Gasteiger partial charge in [0.05, 0.1) is 10.8 Å². The summed E-state index contributed by atoms with van der Waals surface area (Å²) in [5.74, 6) is 0. The molecular weight excluding hydrogens is 225 g/mol. The summed E-state index contributed by atoms with van der Waals surface area (Å²) >= 11 is 0. The zero-order chi connectivity index (χ0) is 9.41. The molecule has 5 nitrogen and oxygen atoms in total. The molecule has 0 aromatic heterocycles. The van der Waals surface area contributed by atoms with Crippen LogP contribution in [0.4, 0.5) is 0 Å². The second kappa shape index (κ2) is 4.50. The Bertz CT molecular complexity index is 316. The molecule has 0 aromatic carbocycles. The predicted molar refractivity (Wildman–Crippen MR) is 47.5 cm³/mol. The Labute approximate surface area is 104 Å². The van der Waals surface area contributed by atoms with E-state index in [0.717, 1.165) is 0 Å². The second-order valence-electron chi connectivity index (χ2n) is 3.02. The van der Waals surface area contributed by atoms with Gasteiger partial charge in [-0.25, -0.2) is 0 Å². The average molecular weight is 235 g/mol. The Kier molecular flexibility index (Phi) is 4.75. The van der Waals surface area contributed by atoms with Crippen LogP contribution in [0.3, 0.4) is 0 Å². The molecule has 0 unspecified atom stereocenters. The van der Waals surface area contributed by atoms with Gasteiger partial charge in [0.1, 0.15) is 10.6 Å². The smallest absolute Gasteiger partial charge is 1.00 e. The molecule has 1 aliphatic heterocycles. The van der Waals surface area contributed by atoms with E-state index >= 15 is 0 Å². The molecule has 0 atom stereocenters. The summed E-state index contributed by atoms with van der Waals surface area (Å²) in [6.07, 6.45) is 0.400. The van der Waals surface area contributed by atoms with E-state index in [4.69, 9.17) is 9.39 Å². The number of oxime groups is 1. The van der Waals surface area contributed by atoms with Crippen LogP contribution in [0, 0.1) is 0 Å². The Hall–Kier alpha value is 0.730. The normalized spacial score (nSPS) is 20.1. The molecule has 0 saturated carbocycles. The van der Waals surface area contributed by atoms with Crippen LogP contribution in [-0.4, -0.2) is 23.6 Å². The van der Waals surface area contributed by atoms with Crippen molar-refractivity contribution in [2.75, 3.05) is 0 Å². The van der Waals surface area contributed by atoms with Gasteiger partial charge >= 0.3 is 38.7 Å². The van der Waals surface area contributed by atoms with E-state index in [-0.39, 0.29) is 36.0 Å². The van der Waals surface area contributed by atoms with Gasteiger partial charge in [-0.3, -0.25) is 4.55 Å². The molecule has 1 heterocycles. The van der Waals surface area contributed by atoms with E-state index < -0.39 is 14.8 Å². The summed E-state index contributed by atoms with van der Waals surface area (Å²) in [5.41, 5.74) is -0.465. The van der Waals surface area contributed by atoms with Gasteiger partial charge in [0, 0.05) is 6.42 Å². The Balaban J connectivity index is 0. The van der Waals surface area contributed by atoms with Crippen molar-refractivity contribution < 1.29 is 48.8 Å². The van der Waals surface area contributed by atoms with Gasteiger partial charge in [-0.05, 0) is 13.8 Å². The molecule has 8 heteroatoms. The topological polar surface area (TPSA) is 76.0 Å². The summed E-state index contributed by atoms with van der Waals surface area (Å²) in [6.45, 7) is 3.57. The van der Waals surface area contributed by atoms with E-state index in [1.54, 1.807) is 13.8 Å². The summed E-state index contributed by atoms with van der Waals surface area (Å²) in [4.78, 5) is 4.89. The van der Waals surface area contributed by atoms with Gasteiger partial charge in [-0.2, -0.15) is 8.42 Å². The van der Waals surface area contributed by atoms with Crippen LogP contribution in [0.5, 0.6) is 0 Å². The van der Waals surface area contributed by atoms with Gasteiger partial charge in [0.15, 0.2) is 0 Å². The Morgan fingerprint density at radius 2 is 2.23 bits per heavy atom. The molecule has 0 saturated heterocycles. The maximum atomic E-state index is 10.4. The third-order valence-electron chi connectivity index (χ3n) is 1.17. The molecule has 0 radical (unpaired) electrons. The van der Waals surface area contributed by atoms with E-state index in [1.165, 1.54) is 0 Å². The first-order valence-corrected chi connectivity index (χ1v) is 5.98. The molecule has 0 aromatic rings. The van der Waals surface area contributed by atoms with Crippen LogP contribution < -0.4 is 29.6 Å². The third kappa shape index (κ3) is 5.24. The molecule has 1 N–H and O–H groups in total. The summed E-state index contributed by atoms with van der Waals surface area (Å²) in [5, 5.41) is 3.79. The summed E-state index contributed by atoms with van der Waals surface area (Å²) in [6, 6.07) is 0. The standard InChI is InChI=1S/C5H9NO4S2.Na.H/c1-5(2)3-4(6-10-5)11-12(7,8)9;;/h3H2,1-2H3,(H,7,8,9);;/q;+1;-1. The van der Waals surface area contributed by atoms with Crippen molar-refractivity contribution >= 4 is 25.0 Å². The van der Waals surface area contributed by atoms with Crippen molar-refractivity contribution in [2.45, 2.75) is 25.9 Å². The fraction of sp³-hybridized carbons (Fsp3) is 0.800. The number of nitrogens with zero attached hydrogens (tertiary/aromatic N) is 1. The van der Waals surface area contributed by atoms with Crippen molar-refractivity contribution in [1.29, 1.82) is 0 Å². The van der Waals surface area contributed by atoms with E-state index in [9.17, 15) is 8.42 Å². The van der Waals surface area contributed by atoms with Crippen molar-refractivity contribution in [1.82, 2.24) is 0 Å². The van der Waals surface area contributed by atoms with Crippen LogP contribution in [0.25, 0.3) is 0 Å². The van der Waals surface area contributed by atoms with E-state index in [0.29, 0.717) is 17.2 Å². The fourth-order valence-electron chi connectivity index (χ4n) is 0.769. The molecule has 13 heavy (non-hydrogen) atoms. The molecule has 72 valence electrons. The van der Waals surface area contributed by atoms with E-state index in [2.05, 4.69) is 5.16 Å². The van der Waals surface area contributed by atoms with Crippen LogP contribution in [-0.2, 0) is 14.0 Å². The van der Waals surface area contributed by atoms with Crippen LogP contribution >= 0.6 is 10.8 Å². The van der Waals surface area contributed by atoms with Gasteiger partial charge < -0.3 is 6.26 Å². The average Bonchev–Trinajstić information content (AvgIpc) is 2.05. The van der Waals surface area contributed by atoms with E-state index in [1.807, 2.05) is 0 Å². The minimum atomic E-state index is -4.05. The maximum Gasteiger partial charge on any atom is 1.00 e. The Morgan fingerprint density at radius 3 is 2.54 bits per heavy atom. The van der Waals surface area contributed by atoms with Crippen molar-refractivity contribution in [3.05, 3.63) is 0 Å². The zero-order valence-electron chi connectivity index (χ0n) is 8.64. The molecular formula is C5H10NNaO4S2. The number of hydrogen-bond acceptors (Lipinski definition) is 5. The molecule has 0 aliphatic carbocycles. The van der Waals surface area contributed by atoms with Gasteiger partial charge in [0.2, 0.25) is 0 Å². The number of hydrogen-bond donors (Lipinski definition) is 1. The third-order valence-corrected chi connectivity index (χ3v) is 3.00. The minimum Gasteiger partial charge on any atom is -1.00 e. The first-order valence-electron chi connectivity index (χ1n) is 3.20. The molecule has 0 fully saturated rings. The van der Waals surface area contributed by atoms with Crippen molar-refractivity contribution in [3.8, 4) is 0 Å².